The molecule has 1 aromatic heterocycles. The van der Waals surface area contributed by atoms with Crippen LogP contribution in [0.5, 0.6) is 0 Å². The number of ether oxygens (including phenoxy) is 1. The molecule has 10 heteroatoms. The van der Waals surface area contributed by atoms with Crippen molar-refractivity contribution >= 4 is 29.2 Å². The molecule has 0 bridgehead atoms. The molecule has 1 aliphatic rings. The average molecular weight is 338 g/mol. The first-order valence-electron chi connectivity index (χ1n) is 6.09. The van der Waals surface area contributed by atoms with Crippen molar-refractivity contribution in [2.24, 2.45) is 7.05 Å². The van der Waals surface area contributed by atoms with E-state index in [9.17, 15) is 20.1 Å². The molecule has 1 fully saturated rings. The highest BCUT2D eigenvalue weighted by Crippen LogP contribution is 2.23. The summed E-state index contributed by atoms with van der Waals surface area (Å²) in [6.45, 7) is -0.159. The van der Waals surface area contributed by atoms with Gasteiger partial charge in [-0.15, -0.1) is 0 Å². The molecule has 21 heavy (non-hydrogen) atoms. The van der Waals surface area contributed by atoms with Crippen molar-refractivity contribution in [1.82, 2.24) is 9.55 Å². The van der Waals surface area contributed by atoms with Crippen molar-refractivity contribution in [3.05, 3.63) is 15.4 Å². The molecule has 2 heterocycles. The summed E-state index contributed by atoms with van der Waals surface area (Å²) in [6.07, 6.45) is -3.19. The number of hydrogen-bond donors (Lipinski definition) is 4. The van der Waals surface area contributed by atoms with Crippen LogP contribution < -0.4 is 10.9 Å². The van der Waals surface area contributed by atoms with Crippen molar-refractivity contribution in [1.29, 1.82) is 0 Å². The summed E-state index contributed by atoms with van der Waals surface area (Å²) in [6, 6.07) is 0. The largest absolute Gasteiger partial charge is 0.388 e. The molecule has 1 aliphatic heterocycles. The smallest absolute Gasteiger partial charge is 0.274 e. The number of aromatic nitrogens is 2. The highest BCUT2D eigenvalue weighted by atomic mass is 35.5. The average Bonchev–Trinajstić information content (AvgIpc) is 2.48. The van der Waals surface area contributed by atoms with Crippen LogP contribution in [-0.2, 0) is 11.8 Å². The Balaban J connectivity index is 2.28. The molecule has 0 unspecified atom stereocenters. The lowest BCUT2D eigenvalue weighted by Crippen LogP contribution is -2.55. The SMILES string of the molecule is CSc1nc(N[C@@H]2OC[C@@H](O)[C@@H](O)[C@H]2O)c(Cl)c(=O)n1C. The highest BCUT2D eigenvalue weighted by Gasteiger charge is 2.38. The Morgan fingerprint density at radius 1 is 1.43 bits per heavy atom. The highest BCUT2D eigenvalue weighted by molar-refractivity contribution is 7.98. The van der Waals surface area contributed by atoms with E-state index in [1.54, 1.807) is 13.3 Å². The Kier molecular flexibility index (Phi) is 5.12. The van der Waals surface area contributed by atoms with Crippen LogP contribution in [0.3, 0.4) is 0 Å². The van der Waals surface area contributed by atoms with Gasteiger partial charge in [-0.3, -0.25) is 9.36 Å². The van der Waals surface area contributed by atoms with Gasteiger partial charge >= 0.3 is 0 Å². The van der Waals surface area contributed by atoms with Crippen LogP contribution in [0.4, 0.5) is 5.82 Å². The summed E-state index contributed by atoms with van der Waals surface area (Å²) in [5, 5.41) is 31.8. The van der Waals surface area contributed by atoms with Crippen LogP contribution >= 0.6 is 23.4 Å². The van der Waals surface area contributed by atoms with Gasteiger partial charge in [0.05, 0.1) is 6.61 Å². The van der Waals surface area contributed by atoms with Crippen molar-refractivity contribution in [2.75, 3.05) is 18.2 Å². The molecule has 4 atom stereocenters. The van der Waals surface area contributed by atoms with Gasteiger partial charge in [-0.25, -0.2) is 4.98 Å². The van der Waals surface area contributed by atoms with Crippen molar-refractivity contribution in [3.63, 3.8) is 0 Å². The summed E-state index contributed by atoms with van der Waals surface area (Å²) < 4.78 is 6.49. The predicted molar refractivity (Wildman–Crippen MR) is 77.7 cm³/mol. The molecule has 0 amide bonds. The normalized spacial score (nSPS) is 29.4. The standard InChI is InChI=1S/C11H16ClN3O5S/c1-15-10(19)5(12)8(14-11(15)21-2)13-9-7(18)6(17)4(16)3-20-9/h4,6-7,9,13,16-18H,3H2,1-2H3/t4-,6-,7-,9-/m1/s1. The van der Waals surface area contributed by atoms with E-state index in [4.69, 9.17) is 16.3 Å². The van der Waals surface area contributed by atoms with Crippen LogP contribution in [0.2, 0.25) is 5.02 Å². The number of aliphatic hydroxyl groups excluding tert-OH is 3. The lowest BCUT2D eigenvalue weighted by molar-refractivity contribution is -0.178. The minimum atomic E-state index is -1.38. The second-order valence-corrected chi connectivity index (χ2v) is 5.72. The predicted octanol–water partition coefficient (Wildman–Crippen LogP) is -0.994. The third kappa shape index (κ3) is 3.17. The zero-order valence-electron chi connectivity index (χ0n) is 11.4. The maximum atomic E-state index is 12.0. The molecular weight excluding hydrogens is 322 g/mol. The molecule has 2 rings (SSSR count). The maximum Gasteiger partial charge on any atom is 0.274 e. The number of rotatable bonds is 3. The van der Waals surface area contributed by atoms with Crippen LogP contribution in [0, 0.1) is 0 Å². The van der Waals surface area contributed by atoms with E-state index in [-0.39, 0.29) is 17.4 Å². The number of nitrogens with zero attached hydrogens (tertiary/aromatic N) is 2. The lowest BCUT2D eigenvalue weighted by atomic mass is 10.0. The van der Waals surface area contributed by atoms with Crippen molar-refractivity contribution < 1.29 is 20.1 Å². The minimum Gasteiger partial charge on any atom is -0.388 e. The van der Waals surface area contributed by atoms with Crippen LogP contribution in [0.15, 0.2) is 9.95 Å². The Labute approximate surface area is 129 Å². The van der Waals surface area contributed by atoms with E-state index >= 15 is 0 Å². The van der Waals surface area contributed by atoms with Gasteiger partial charge in [0.1, 0.15) is 23.3 Å². The van der Waals surface area contributed by atoms with Crippen LogP contribution in [-0.4, -0.2) is 62.3 Å². The van der Waals surface area contributed by atoms with Gasteiger partial charge in [-0.2, -0.15) is 0 Å². The van der Waals surface area contributed by atoms with E-state index in [1.807, 2.05) is 0 Å². The van der Waals surface area contributed by atoms with Gasteiger partial charge in [0.15, 0.2) is 17.2 Å². The van der Waals surface area contributed by atoms with Crippen LogP contribution in [0.1, 0.15) is 0 Å². The van der Waals surface area contributed by atoms with Gasteiger partial charge < -0.3 is 25.4 Å². The Hall–Kier alpha value is -0.840. The second-order valence-electron chi connectivity index (χ2n) is 4.57. The van der Waals surface area contributed by atoms with Crippen molar-refractivity contribution in [2.45, 2.75) is 29.7 Å². The molecule has 0 aliphatic carbocycles. The Morgan fingerprint density at radius 2 is 2.10 bits per heavy atom. The first kappa shape index (κ1) is 16.5. The first-order chi connectivity index (χ1) is 9.86. The summed E-state index contributed by atoms with van der Waals surface area (Å²) in [4.78, 5) is 16.1. The van der Waals surface area contributed by atoms with E-state index < -0.39 is 30.1 Å². The van der Waals surface area contributed by atoms with E-state index in [0.29, 0.717) is 5.16 Å². The Bertz CT molecular complexity index is 584. The molecule has 0 spiro atoms. The zero-order chi connectivity index (χ0) is 15.7. The molecule has 4 N–H and O–H groups in total. The third-order valence-corrected chi connectivity index (χ3v) is 4.23. The molecule has 1 aromatic rings. The molecule has 0 radical (unpaired) electrons. The van der Waals surface area contributed by atoms with E-state index in [0.717, 1.165) is 0 Å². The molecular formula is C11H16ClN3O5S. The zero-order valence-corrected chi connectivity index (χ0v) is 12.9. The summed E-state index contributed by atoms with van der Waals surface area (Å²) in [5.74, 6) is 0.0526. The number of anilines is 1. The van der Waals surface area contributed by atoms with Crippen molar-refractivity contribution in [3.8, 4) is 0 Å². The number of aliphatic hydroxyl groups is 3. The number of thioether (sulfide) groups is 1. The van der Waals surface area contributed by atoms with Crippen LogP contribution in [0.25, 0.3) is 0 Å². The summed E-state index contributed by atoms with van der Waals surface area (Å²) in [5.41, 5.74) is -0.440. The Morgan fingerprint density at radius 3 is 2.71 bits per heavy atom. The van der Waals surface area contributed by atoms with E-state index in [2.05, 4.69) is 10.3 Å². The van der Waals surface area contributed by atoms with Gasteiger partial charge in [0, 0.05) is 7.05 Å². The molecule has 0 saturated carbocycles. The number of nitrogens with one attached hydrogen (secondary N) is 1. The van der Waals surface area contributed by atoms with E-state index in [1.165, 1.54) is 16.3 Å². The third-order valence-electron chi connectivity index (χ3n) is 3.16. The molecule has 0 aromatic carbocycles. The van der Waals surface area contributed by atoms with Gasteiger partial charge in [0.2, 0.25) is 0 Å². The quantitative estimate of drug-likeness (QED) is 0.410. The van der Waals surface area contributed by atoms with Gasteiger partial charge in [-0.1, -0.05) is 23.4 Å². The molecule has 118 valence electrons. The molecule has 8 nitrogen and oxygen atoms in total. The fraction of sp³-hybridized carbons (Fsp3) is 0.636. The second kappa shape index (κ2) is 6.51. The van der Waals surface area contributed by atoms with Gasteiger partial charge in [-0.05, 0) is 6.26 Å². The fourth-order valence-electron chi connectivity index (χ4n) is 1.90. The summed E-state index contributed by atoms with van der Waals surface area (Å²) >= 11 is 7.20. The maximum absolute atomic E-state index is 12.0. The summed E-state index contributed by atoms with van der Waals surface area (Å²) in [7, 11) is 1.54. The topological polar surface area (TPSA) is 117 Å². The first-order valence-corrected chi connectivity index (χ1v) is 7.70. The minimum absolute atomic E-state index is 0.0526. The molecule has 1 saturated heterocycles. The lowest BCUT2D eigenvalue weighted by Gasteiger charge is -2.35. The number of halogens is 1. The number of hydrogen-bond acceptors (Lipinski definition) is 8. The fourth-order valence-corrected chi connectivity index (χ4v) is 2.66. The van der Waals surface area contributed by atoms with Gasteiger partial charge in [0.25, 0.3) is 5.56 Å². The monoisotopic (exact) mass is 337 g/mol.